The van der Waals surface area contributed by atoms with Crippen LogP contribution in [-0.2, 0) is 10.0 Å². The van der Waals surface area contributed by atoms with E-state index in [-0.39, 0.29) is 17.6 Å². The highest BCUT2D eigenvalue weighted by Crippen LogP contribution is 2.34. The van der Waals surface area contributed by atoms with E-state index in [4.69, 9.17) is 0 Å². The van der Waals surface area contributed by atoms with Crippen LogP contribution in [0.3, 0.4) is 0 Å². The fourth-order valence-corrected chi connectivity index (χ4v) is 4.85. The summed E-state index contributed by atoms with van der Waals surface area (Å²) < 4.78 is 27.7. The van der Waals surface area contributed by atoms with Crippen LogP contribution in [0.5, 0.6) is 0 Å². The van der Waals surface area contributed by atoms with Crippen molar-refractivity contribution in [2.75, 3.05) is 17.5 Å². The number of rotatable bonds is 4. The molecule has 1 N–H and O–H groups in total. The van der Waals surface area contributed by atoms with Gasteiger partial charge in [-0.05, 0) is 52.2 Å². The van der Waals surface area contributed by atoms with E-state index in [0.717, 1.165) is 42.3 Å². The van der Waals surface area contributed by atoms with Crippen LogP contribution in [0.2, 0.25) is 0 Å². The van der Waals surface area contributed by atoms with Crippen molar-refractivity contribution in [3.63, 3.8) is 0 Å². The zero-order chi connectivity index (χ0) is 23.9. The number of benzene rings is 1. The first-order valence-corrected chi connectivity index (χ1v) is 12.6. The smallest absolute Gasteiger partial charge is 0.256 e. The third kappa shape index (κ3) is 4.41. The van der Waals surface area contributed by atoms with Gasteiger partial charge in [0.25, 0.3) is 5.91 Å². The van der Waals surface area contributed by atoms with Crippen molar-refractivity contribution < 1.29 is 13.2 Å². The molecule has 0 saturated carbocycles. The molecule has 1 atom stereocenters. The highest BCUT2D eigenvalue weighted by Gasteiger charge is 2.32. The summed E-state index contributed by atoms with van der Waals surface area (Å²) >= 11 is 0. The molecular formula is C23H26N6O3S. The summed E-state index contributed by atoms with van der Waals surface area (Å²) in [6.07, 6.45) is 3.55. The molecule has 0 bridgehead atoms. The van der Waals surface area contributed by atoms with Gasteiger partial charge in [0.15, 0.2) is 5.65 Å². The topological polar surface area (TPSA) is 120 Å². The Morgan fingerprint density at radius 3 is 2.67 bits per heavy atom. The minimum absolute atomic E-state index is 0.257. The van der Waals surface area contributed by atoms with Crippen LogP contribution in [0.25, 0.3) is 5.65 Å². The standard InChI is InChI=1S/C23H26N6O3S/c1-14-8-9-18(27-33(4,31)32)17(11-14)23(30)28-10-6-5-7-20(28)19-12-22-25-16(3)15(2)21(13-24)29(22)26-19/h8-9,11-12,20,27H,5-7,10H2,1-4H3/t20-/m0/s1. The van der Waals surface area contributed by atoms with Crippen molar-refractivity contribution in [3.8, 4) is 6.07 Å². The Morgan fingerprint density at radius 1 is 1.21 bits per heavy atom. The molecule has 0 spiro atoms. The van der Waals surface area contributed by atoms with E-state index in [0.29, 0.717) is 29.1 Å². The zero-order valence-corrected chi connectivity index (χ0v) is 19.9. The van der Waals surface area contributed by atoms with Crippen molar-refractivity contribution in [2.45, 2.75) is 46.1 Å². The Bertz CT molecular complexity index is 1400. The number of fused-ring (bicyclic) bond motifs is 1. The fraction of sp³-hybridized carbons (Fsp3) is 0.391. The zero-order valence-electron chi connectivity index (χ0n) is 19.1. The summed E-state index contributed by atoms with van der Waals surface area (Å²) in [6.45, 7) is 6.08. The number of nitrogens with zero attached hydrogens (tertiary/aromatic N) is 5. The number of nitrogens with one attached hydrogen (secondary N) is 1. The molecule has 9 nitrogen and oxygen atoms in total. The Hall–Kier alpha value is -3.45. The van der Waals surface area contributed by atoms with Crippen LogP contribution >= 0.6 is 0 Å². The molecule has 3 aromatic rings. The Labute approximate surface area is 193 Å². The van der Waals surface area contributed by atoms with Gasteiger partial charge in [-0.3, -0.25) is 9.52 Å². The molecule has 1 amide bonds. The molecule has 0 aliphatic carbocycles. The van der Waals surface area contributed by atoms with Gasteiger partial charge >= 0.3 is 0 Å². The second-order valence-corrected chi connectivity index (χ2v) is 10.3. The second kappa shape index (κ2) is 8.48. The van der Waals surface area contributed by atoms with Gasteiger partial charge in [-0.1, -0.05) is 11.6 Å². The van der Waals surface area contributed by atoms with Crippen molar-refractivity contribution >= 4 is 27.3 Å². The molecule has 0 radical (unpaired) electrons. The van der Waals surface area contributed by atoms with Crippen molar-refractivity contribution in [2.24, 2.45) is 0 Å². The monoisotopic (exact) mass is 466 g/mol. The highest BCUT2D eigenvalue weighted by molar-refractivity contribution is 7.92. The molecule has 172 valence electrons. The van der Waals surface area contributed by atoms with Gasteiger partial charge in [-0.2, -0.15) is 10.4 Å². The molecule has 4 rings (SSSR count). The average Bonchev–Trinajstić information content (AvgIpc) is 3.17. The van der Waals surface area contributed by atoms with Gasteiger partial charge in [0.05, 0.1) is 29.2 Å². The molecule has 1 fully saturated rings. The van der Waals surface area contributed by atoms with Gasteiger partial charge in [-0.25, -0.2) is 17.9 Å². The van der Waals surface area contributed by atoms with Crippen LogP contribution in [0.15, 0.2) is 24.3 Å². The molecule has 10 heteroatoms. The highest BCUT2D eigenvalue weighted by atomic mass is 32.2. The number of hydrogen-bond donors (Lipinski definition) is 1. The van der Waals surface area contributed by atoms with Gasteiger partial charge < -0.3 is 4.90 Å². The lowest BCUT2D eigenvalue weighted by molar-refractivity contribution is 0.0606. The summed E-state index contributed by atoms with van der Waals surface area (Å²) in [4.78, 5) is 20.0. The maximum absolute atomic E-state index is 13.7. The van der Waals surface area contributed by atoms with Crippen LogP contribution in [0, 0.1) is 32.1 Å². The van der Waals surface area contributed by atoms with Crippen LogP contribution in [0.4, 0.5) is 5.69 Å². The summed E-state index contributed by atoms with van der Waals surface area (Å²) in [5.41, 5.74) is 4.61. The van der Waals surface area contributed by atoms with E-state index in [1.54, 1.807) is 23.1 Å². The number of amides is 1. The maximum Gasteiger partial charge on any atom is 0.256 e. The van der Waals surface area contributed by atoms with Gasteiger partial charge in [-0.15, -0.1) is 0 Å². The minimum Gasteiger partial charge on any atom is -0.330 e. The van der Waals surface area contributed by atoms with Crippen molar-refractivity contribution in [1.82, 2.24) is 19.5 Å². The quantitative estimate of drug-likeness (QED) is 0.630. The number of sulfonamides is 1. The summed E-state index contributed by atoms with van der Waals surface area (Å²) in [7, 11) is -3.55. The number of likely N-dealkylation sites (tertiary alicyclic amines) is 1. The molecule has 1 aromatic carbocycles. The summed E-state index contributed by atoms with van der Waals surface area (Å²) in [5, 5.41) is 14.3. The summed E-state index contributed by atoms with van der Waals surface area (Å²) in [5.74, 6) is -0.257. The molecule has 0 unspecified atom stereocenters. The Morgan fingerprint density at radius 2 is 1.97 bits per heavy atom. The van der Waals surface area contributed by atoms with Gasteiger partial charge in [0.2, 0.25) is 10.0 Å². The largest absolute Gasteiger partial charge is 0.330 e. The van der Waals surface area contributed by atoms with E-state index in [2.05, 4.69) is 20.9 Å². The van der Waals surface area contributed by atoms with E-state index in [1.165, 1.54) is 4.52 Å². The second-order valence-electron chi connectivity index (χ2n) is 8.56. The number of carbonyl (C=O) groups is 1. The fourth-order valence-electron chi connectivity index (χ4n) is 4.27. The van der Waals surface area contributed by atoms with Crippen LogP contribution in [0.1, 0.15) is 63.9 Å². The number of aromatic nitrogens is 3. The maximum atomic E-state index is 13.7. The van der Waals surface area contributed by atoms with Crippen molar-refractivity contribution in [3.05, 3.63) is 58.0 Å². The number of aryl methyl sites for hydroxylation is 2. The predicted molar refractivity (Wildman–Crippen MR) is 124 cm³/mol. The van der Waals surface area contributed by atoms with Gasteiger partial charge in [0, 0.05) is 23.9 Å². The summed E-state index contributed by atoms with van der Waals surface area (Å²) in [6, 6.07) is 8.81. The van der Waals surface area contributed by atoms with Gasteiger partial charge in [0.1, 0.15) is 11.8 Å². The predicted octanol–water partition coefficient (Wildman–Crippen LogP) is 3.27. The first-order chi connectivity index (χ1) is 15.6. The molecule has 1 aliphatic rings. The first kappa shape index (κ1) is 22.7. The number of carbonyl (C=O) groups excluding carboxylic acids is 1. The lowest BCUT2D eigenvalue weighted by Gasteiger charge is -2.35. The molecule has 1 aliphatic heterocycles. The SMILES string of the molecule is Cc1ccc(NS(C)(=O)=O)c(C(=O)N2CCCC[C@H]2c2cc3nc(C)c(C)c(C#N)n3n2)c1. The lowest BCUT2D eigenvalue weighted by Crippen LogP contribution is -2.39. The molecule has 33 heavy (non-hydrogen) atoms. The van der Waals surface area contributed by atoms with Crippen LogP contribution < -0.4 is 4.72 Å². The molecule has 2 aromatic heterocycles. The number of piperidine rings is 1. The normalized spacial score (nSPS) is 16.6. The lowest BCUT2D eigenvalue weighted by atomic mass is 9.97. The number of hydrogen-bond acceptors (Lipinski definition) is 6. The van der Waals surface area contributed by atoms with Crippen LogP contribution in [-0.4, -0.2) is 46.6 Å². The molecule has 3 heterocycles. The van der Waals surface area contributed by atoms with E-state index in [9.17, 15) is 18.5 Å². The minimum atomic E-state index is -3.55. The third-order valence-corrected chi connectivity index (χ3v) is 6.60. The average molecular weight is 467 g/mol. The van der Waals surface area contributed by atoms with E-state index < -0.39 is 10.0 Å². The molecule has 1 saturated heterocycles. The number of anilines is 1. The third-order valence-electron chi connectivity index (χ3n) is 6.01. The number of nitriles is 1. The van der Waals surface area contributed by atoms with E-state index >= 15 is 0 Å². The Kier molecular flexibility index (Phi) is 5.84. The first-order valence-electron chi connectivity index (χ1n) is 10.8. The Balaban J connectivity index is 1.77. The van der Waals surface area contributed by atoms with Crippen molar-refractivity contribution in [1.29, 1.82) is 5.26 Å². The molecular weight excluding hydrogens is 440 g/mol. The van der Waals surface area contributed by atoms with E-state index in [1.807, 2.05) is 26.8 Å².